The maximum Gasteiger partial charge on any atom is 0.245 e. The Balaban J connectivity index is 2.53. The molecule has 20 heavy (non-hydrogen) atoms. The summed E-state index contributed by atoms with van der Waals surface area (Å²) in [5, 5.41) is 3.26. The minimum Gasteiger partial charge on any atom is -0.330 e. The van der Waals surface area contributed by atoms with Gasteiger partial charge in [-0.05, 0) is 13.3 Å². The monoisotopic (exact) mass is 295 g/mol. The normalized spacial score (nSPS) is 10.1. The highest BCUT2D eigenvalue weighted by Gasteiger charge is 2.16. The van der Waals surface area contributed by atoms with Gasteiger partial charge in [0.15, 0.2) is 5.13 Å². The molecule has 1 rings (SSSR count). The van der Waals surface area contributed by atoms with E-state index in [1.165, 1.54) is 16.2 Å². The first kappa shape index (κ1) is 16.4. The first-order valence-electron chi connectivity index (χ1n) is 6.67. The van der Waals surface area contributed by atoms with Gasteiger partial charge in [0.1, 0.15) is 6.54 Å². The van der Waals surface area contributed by atoms with Crippen molar-refractivity contribution in [3.63, 3.8) is 0 Å². The van der Waals surface area contributed by atoms with Crippen LogP contribution in [0, 0.1) is 6.92 Å². The summed E-state index contributed by atoms with van der Waals surface area (Å²) in [5.41, 5.74) is 0. The van der Waals surface area contributed by atoms with Gasteiger partial charge in [-0.25, -0.2) is 4.98 Å². The van der Waals surface area contributed by atoms with Gasteiger partial charge in [-0.15, -0.1) is 17.9 Å². The number of aryl methyl sites for hydroxylation is 1. The summed E-state index contributed by atoms with van der Waals surface area (Å²) in [7, 11) is 0. The molecule has 0 aliphatic heterocycles. The fraction of sp³-hybridized carbons (Fsp3) is 0.500. The van der Waals surface area contributed by atoms with Crippen molar-refractivity contribution in [3.8, 4) is 0 Å². The summed E-state index contributed by atoms with van der Waals surface area (Å²) in [4.78, 5) is 30.5. The largest absolute Gasteiger partial charge is 0.330 e. The Hall–Kier alpha value is -1.69. The second-order valence-electron chi connectivity index (χ2n) is 4.49. The van der Waals surface area contributed by atoms with Gasteiger partial charge in [0.2, 0.25) is 11.8 Å². The molecule has 1 heterocycles. The Morgan fingerprint density at radius 2 is 2.30 bits per heavy atom. The van der Waals surface area contributed by atoms with Crippen molar-refractivity contribution in [2.75, 3.05) is 18.4 Å². The van der Waals surface area contributed by atoms with Gasteiger partial charge in [0.25, 0.3) is 0 Å². The third-order valence-corrected chi connectivity index (χ3v) is 3.48. The lowest BCUT2D eigenvalue weighted by Crippen LogP contribution is -2.38. The van der Waals surface area contributed by atoms with E-state index >= 15 is 0 Å². The molecule has 1 N–H and O–H groups in total. The van der Waals surface area contributed by atoms with Gasteiger partial charge in [0, 0.05) is 24.0 Å². The molecule has 6 heteroatoms. The second kappa shape index (κ2) is 8.47. The first-order chi connectivity index (χ1) is 9.56. The van der Waals surface area contributed by atoms with E-state index in [2.05, 4.69) is 16.9 Å². The van der Waals surface area contributed by atoms with Crippen molar-refractivity contribution >= 4 is 28.3 Å². The zero-order valence-electron chi connectivity index (χ0n) is 12.0. The zero-order valence-corrected chi connectivity index (χ0v) is 12.8. The number of hydrogen-bond donors (Lipinski definition) is 1. The molecule has 0 atom stereocenters. The summed E-state index contributed by atoms with van der Waals surface area (Å²) in [6.07, 6.45) is 5.59. The van der Waals surface area contributed by atoms with Crippen LogP contribution in [0.1, 0.15) is 31.1 Å². The summed E-state index contributed by atoms with van der Waals surface area (Å²) in [5.74, 6) is -0.247. The lowest BCUT2D eigenvalue weighted by molar-refractivity contribution is -0.134. The fourth-order valence-corrected chi connectivity index (χ4v) is 2.32. The van der Waals surface area contributed by atoms with Crippen LogP contribution in [0.15, 0.2) is 18.9 Å². The smallest absolute Gasteiger partial charge is 0.245 e. The summed E-state index contributed by atoms with van der Waals surface area (Å²) in [6, 6.07) is 0. The van der Waals surface area contributed by atoms with Crippen LogP contribution in [-0.2, 0) is 9.59 Å². The molecular formula is C14H21N3O2S. The molecule has 0 spiro atoms. The minimum absolute atomic E-state index is 0.0165. The first-order valence-corrected chi connectivity index (χ1v) is 7.49. The van der Waals surface area contributed by atoms with Gasteiger partial charge >= 0.3 is 0 Å². The lowest BCUT2D eigenvalue weighted by Gasteiger charge is -2.20. The predicted octanol–water partition coefficient (Wildman–Crippen LogP) is 2.59. The number of rotatable bonds is 8. The molecular weight excluding hydrogens is 274 g/mol. The van der Waals surface area contributed by atoms with Crippen molar-refractivity contribution in [2.45, 2.75) is 33.1 Å². The van der Waals surface area contributed by atoms with Crippen LogP contribution >= 0.6 is 11.3 Å². The summed E-state index contributed by atoms with van der Waals surface area (Å²) < 4.78 is 0. The molecule has 0 aliphatic rings. The third kappa shape index (κ3) is 5.52. The molecule has 2 amide bonds. The number of nitrogens with one attached hydrogen (secondary N) is 1. The van der Waals surface area contributed by atoms with E-state index in [0.717, 1.165) is 17.7 Å². The van der Waals surface area contributed by atoms with E-state index in [9.17, 15) is 9.59 Å². The summed E-state index contributed by atoms with van der Waals surface area (Å²) in [6.45, 7) is 7.99. The van der Waals surface area contributed by atoms with Crippen LogP contribution in [0.5, 0.6) is 0 Å². The molecule has 0 saturated carbocycles. The molecule has 0 saturated heterocycles. The van der Waals surface area contributed by atoms with Crippen molar-refractivity contribution < 1.29 is 9.59 Å². The van der Waals surface area contributed by atoms with Crippen LogP contribution in [0.2, 0.25) is 0 Å². The number of thiazole rings is 1. The van der Waals surface area contributed by atoms with Gasteiger partial charge in [-0.2, -0.15) is 0 Å². The third-order valence-electron chi connectivity index (χ3n) is 2.65. The molecule has 0 aliphatic carbocycles. The van der Waals surface area contributed by atoms with Crippen LogP contribution < -0.4 is 5.32 Å². The molecule has 0 bridgehead atoms. The van der Waals surface area contributed by atoms with Crippen LogP contribution in [0.3, 0.4) is 0 Å². The average Bonchev–Trinajstić information content (AvgIpc) is 2.80. The molecule has 5 nitrogen and oxygen atoms in total. The molecule has 1 aromatic rings. The van der Waals surface area contributed by atoms with E-state index in [0.29, 0.717) is 18.1 Å². The Kier molecular flexibility index (Phi) is 6.93. The summed E-state index contributed by atoms with van der Waals surface area (Å²) >= 11 is 1.41. The molecule has 110 valence electrons. The van der Waals surface area contributed by atoms with Crippen LogP contribution in [-0.4, -0.2) is 34.8 Å². The zero-order chi connectivity index (χ0) is 15.0. The van der Waals surface area contributed by atoms with Crippen molar-refractivity contribution in [2.24, 2.45) is 0 Å². The van der Waals surface area contributed by atoms with E-state index in [1.54, 1.807) is 12.3 Å². The number of amides is 2. The van der Waals surface area contributed by atoms with E-state index in [4.69, 9.17) is 0 Å². The molecule has 0 radical (unpaired) electrons. The van der Waals surface area contributed by atoms with Gasteiger partial charge in [-0.3, -0.25) is 9.59 Å². The van der Waals surface area contributed by atoms with Gasteiger partial charge in [-0.1, -0.05) is 19.4 Å². The van der Waals surface area contributed by atoms with E-state index < -0.39 is 0 Å². The number of unbranched alkanes of at least 4 members (excludes halogenated alkanes) is 1. The van der Waals surface area contributed by atoms with Gasteiger partial charge < -0.3 is 10.2 Å². The van der Waals surface area contributed by atoms with E-state index in [1.807, 2.05) is 13.8 Å². The van der Waals surface area contributed by atoms with E-state index in [-0.39, 0.29) is 18.4 Å². The van der Waals surface area contributed by atoms with Crippen molar-refractivity contribution in [1.82, 2.24) is 9.88 Å². The molecule has 1 aromatic heterocycles. The topological polar surface area (TPSA) is 62.3 Å². The highest BCUT2D eigenvalue weighted by molar-refractivity contribution is 7.15. The Bertz CT molecular complexity index is 471. The number of carbonyl (C=O) groups is 2. The second-order valence-corrected chi connectivity index (χ2v) is 5.73. The number of anilines is 1. The maximum absolute atomic E-state index is 12.0. The lowest BCUT2D eigenvalue weighted by atomic mass is 10.2. The number of carbonyl (C=O) groups excluding carboxylic acids is 2. The quantitative estimate of drug-likeness (QED) is 0.750. The number of hydrogen-bond acceptors (Lipinski definition) is 4. The maximum atomic E-state index is 12.0. The van der Waals surface area contributed by atoms with Crippen molar-refractivity contribution in [3.05, 3.63) is 23.7 Å². The highest BCUT2D eigenvalue weighted by Crippen LogP contribution is 2.16. The van der Waals surface area contributed by atoms with Gasteiger partial charge in [0.05, 0.1) is 0 Å². The Morgan fingerprint density at radius 3 is 2.85 bits per heavy atom. The Labute approximate surface area is 123 Å². The average molecular weight is 295 g/mol. The van der Waals surface area contributed by atoms with Crippen molar-refractivity contribution in [1.29, 1.82) is 0 Å². The molecule has 0 fully saturated rings. The van der Waals surface area contributed by atoms with Crippen LogP contribution in [0.25, 0.3) is 0 Å². The Morgan fingerprint density at radius 1 is 1.55 bits per heavy atom. The molecule has 0 unspecified atom stereocenters. The van der Waals surface area contributed by atoms with Crippen LogP contribution in [0.4, 0.5) is 5.13 Å². The SMILES string of the molecule is C=CCN(CC(=O)Nc1ncc(C)s1)C(=O)CCCC. The number of nitrogens with zero attached hydrogens (tertiary/aromatic N) is 2. The predicted molar refractivity (Wildman–Crippen MR) is 81.8 cm³/mol. The highest BCUT2D eigenvalue weighted by atomic mass is 32.1. The minimum atomic E-state index is -0.231. The molecule has 0 aromatic carbocycles. The fourth-order valence-electron chi connectivity index (χ4n) is 1.64. The standard InChI is InChI=1S/C14H21N3O2S/c1-4-6-7-13(19)17(8-5-2)10-12(18)16-14-15-9-11(3)20-14/h5,9H,2,4,6-8,10H2,1,3H3,(H,15,16,18). The number of aromatic nitrogens is 1.